The van der Waals surface area contributed by atoms with E-state index in [1.807, 2.05) is 17.8 Å². The summed E-state index contributed by atoms with van der Waals surface area (Å²) in [6.07, 6.45) is 0. The standard InChI is InChI=1S/C7H12N2S/c1-5(6(2)8)7-3-10-4-9-7/h3-6H,8H2,1-2H3. The van der Waals surface area contributed by atoms with Crippen molar-refractivity contribution in [1.82, 2.24) is 4.98 Å². The minimum atomic E-state index is 0.196. The highest BCUT2D eigenvalue weighted by atomic mass is 32.1. The van der Waals surface area contributed by atoms with E-state index in [1.54, 1.807) is 11.3 Å². The van der Waals surface area contributed by atoms with Crippen LogP contribution in [0.25, 0.3) is 0 Å². The Morgan fingerprint density at radius 3 is 2.70 bits per heavy atom. The van der Waals surface area contributed by atoms with Crippen molar-refractivity contribution >= 4 is 11.3 Å². The van der Waals surface area contributed by atoms with Gasteiger partial charge in [-0.15, -0.1) is 11.3 Å². The van der Waals surface area contributed by atoms with Gasteiger partial charge in [-0.25, -0.2) is 4.98 Å². The van der Waals surface area contributed by atoms with Gasteiger partial charge in [0.1, 0.15) is 0 Å². The zero-order chi connectivity index (χ0) is 7.56. The summed E-state index contributed by atoms with van der Waals surface area (Å²) in [4.78, 5) is 4.18. The fraction of sp³-hybridized carbons (Fsp3) is 0.571. The largest absolute Gasteiger partial charge is 0.327 e. The Morgan fingerprint density at radius 1 is 1.60 bits per heavy atom. The molecule has 0 saturated carbocycles. The van der Waals surface area contributed by atoms with Crippen molar-refractivity contribution in [2.24, 2.45) is 5.73 Å². The number of hydrogen-bond acceptors (Lipinski definition) is 3. The molecular weight excluding hydrogens is 144 g/mol. The Balaban J connectivity index is 2.68. The van der Waals surface area contributed by atoms with Gasteiger partial charge in [0.15, 0.2) is 0 Å². The summed E-state index contributed by atoms with van der Waals surface area (Å²) in [5.41, 5.74) is 8.64. The van der Waals surface area contributed by atoms with Crippen LogP contribution in [0, 0.1) is 0 Å². The van der Waals surface area contributed by atoms with E-state index in [9.17, 15) is 0 Å². The number of aromatic nitrogens is 1. The zero-order valence-corrected chi connectivity index (χ0v) is 7.06. The molecule has 0 aliphatic heterocycles. The van der Waals surface area contributed by atoms with Crippen molar-refractivity contribution in [2.45, 2.75) is 25.8 Å². The van der Waals surface area contributed by atoms with Crippen LogP contribution in [-0.4, -0.2) is 11.0 Å². The second-order valence-electron chi connectivity index (χ2n) is 2.56. The molecular formula is C7H12N2S. The summed E-state index contributed by atoms with van der Waals surface area (Å²) < 4.78 is 0. The maximum absolute atomic E-state index is 5.69. The summed E-state index contributed by atoms with van der Waals surface area (Å²) in [6, 6.07) is 0.196. The average Bonchev–Trinajstić information content (AvgIpc) is 2.36. The lowest BCUT2D eigenvalue weighted by Crippen LogP contribution is -2.22. The maximum atomic E-state index is 5.69. The van der Waals surface area contributed by atoms with Crippen LogP contribution in [0.5, 0.6) is 0 Å². The number of rotatable bonds is 2. The third-order valence-corrected chi connectivity index (χ3v) is 2.31. The van der Waals surface area contributed by atoms with Crippen LogP contribution in [-0.2, 0) is 0 Å². The van der Waals surface area contributed by atoms with Crippen molar-refractivity contribution in [1.29, 1.82) is 0 Å². The van der Waals surface area contributed by atoms with Crippen molar-refractivity contribution in [3.63, 3.8) is 0 Å². The first-order valence-corrected chi connectivity index (χ1v) is 4.29. The summed E-state index contributed by atoms with van der Waals surface area (Å²) in [5.74, 6) is 0.381. The van der Waals surface area contributed by atoms with Gasteiger partial charge in [0.05, 0.1) is 11.2 Å². The molecule has 2 unspecified atom stereocenters. The predicted molar refractivity (Wildman–Crippen MR) is 44.2 cm³/mol. The van der Waals surface area contributed by atoms with Crippen LogP contribution >= 0.6 is 11.3 Å². The maximum Gasteiger partial charge on any atom is 0.0794 e. The molecule has 2 atom stereocenters. The lowest BCUT2D eigenvalue weighted by Gasteiger charge is -2.11. The first-order valence-electron chi connectivity index (χ1n) is 3.35. The SMILES string of the molecule is CC(N)C(C)c1cscn1. The topological polar surface area (TPSA) is 38.9 Å². The van der Waals surface area contributed by atoms with Crippen LogP contribution in [0.2, 0.25) is 0 Å². The van der Waals surface area contributed by atoms with Crippen molar-refractivity contribution in [3.05, 3.63) is 16.6 Å². The molecule has 2 nitrogen and oxygen atoms in total. The molecule has 10 heavy (non-hydrogen) atoms. The van der Waals surface area contributed by atoms with E-state index in [0.717, 1.165) is 5.69 Å². The summed E-state index contributed by atoms with van der Waals surface area (Å²) in [6.45, 7) is 4.10. The molecule has 0 bridgehead atoms. The van der Waals surface area contributed by atoms with Gasteiger partial charge in [-0.3, -0.25) is 0 Å². The average molecular weight is 156 g/mol. The molecule has 0 aliphatic rings. The molecule has 0 fully saturated rings. The second kappa shape index (κ2) is 3.12. The highest BCUT2D eigenvalue weighted by molar-refractivity contribution is 7.07. The molecule has 1 heterocycles. The predicted octanol–water partition coefficient (Wildman–Crippen LogP) is 1.59. The van der Waals surface area contributed by atoms with Crippen LogP contribution < -0.4 is 5.73 Å². The van der Waals surface area contributed by atoms with Gasteiger partial charge in [0.2, 0.25) is 0 Å². The van der Waals surface area contributed by atoms with Gasteiger partial charge in [-0.05, 0) is 6.92 Å². The first-order chi connectivity index (χ1) is 4.72. The number of thiazole rings is 1. The fourth-order valence-electron chi connectivity index (χ4n) is 0.716. The molecule has 0 spiro atoms. The minimum absolute atomic E-state index is 0.196. The Hall–Kier alpha value is -0.410. The third-order valence-electron chi connectivity index (χ3n) is 1.71. The summed E-state index contributed by atoms with van der Waals surface area (Å²) >= 11 is 1.62. The third kappa shape index (κ3) is 1.55. The molecule has 1 aromatic heterocycles. The van der Waals surface area contributed by atoms with Crippen LogP contribution in [0.3, 0.4) is 0 Å². The van der Waals surface area contributed by atoms with E-state index in [0.29, 0.717) is 5.92 Å². The smallest absolute Gasteiger partial charge is 0.0794 e. The highest BCUT2D eigenvalue weighted by Gasteiger charge is 2.10. The van der Waals surface area contributed by atoms with Crippen LogP contribution in [0.4, 0.5) is 0 Å². The first kappa shape index (κ1) is 7.69. The Morgan fingerprint density at radius 2 is 2.30 bits per heavy atom. The lowest BCUT2D eigenvalue weighted by molar-refractivity contribution is 0.601. The molecule has 0 amide bonds. The Labute approximate surface area is 65.1 Å². The van der Waals surface area contributed by atoms with E-state index < -0.39 is 0 Å². The normalized spacial score (nSPS) is 16.7. The van der Waals surface area contributed by atoms with Crippen LogP contribution in [0.1, 0.15) is 25.5 Å². The molecule has 0 saturated heterocycles. The number of nitrogens with two attached hydrogens (primary N) is 1. The fourth-order valence-corrected chi connectivity index (χ4v) is 1.37. The second-order valence-corrected chi connectivity index (χ2v) is 3.28. The molecule has 2 N–H and O–H groups in total. The van der Waals surface area contributed by atoms with Gasteiger partial charge in [0.25, 0.3) is 0 Å². The van der Waals surface area contributed by atoms with Gasteiger partial charge < -0.3 is 5.73 Å². The molecule has 56 valence electrons. The Bertz CT molecular complexity index is 181. The monoisotopic (exact) mass is 156 g/mol. The Kier molecular flexibility index (Phi) is 2.40. The van der Waals surface area contributed by atoms with E-state index in [2.05, 4.69) is 11.9 Å². The van der Waals surface area contributed by atoms with Crippen LogP contribution in [0.15, 0.2) is 10.9 Å². The van der Waals surface area contributed by atoms with Crippen molar-refractivity contribution in [3.8, 4) is 0 Å². The number of hydrogen-bond donors (Lipinski definition) is 1. The van der Waals surface area contributed by atoms with Gasteiger partial charge >= 0.3 is 0 Å². The molecule has 3 heteroatoms. The highest BCUT2D eigenvalue weighted by Crippen LogP contribution is 2.16. The van der Waals surface area contributed by atoms with E-state index in [4.69, 9.17) is 5.73 Å². The number of nitrogens with zero attached hydrogens (tertiary/aromatic N) is 1. The van der Waals surface area contributed by atoms with Crippen molar-refractivity contribution < 1.29 is 0 Å². The molecule has 0 aromatic carbocycles. The van der Waals surface area contributed by atoms with Gasteiger partial charge in [-0.2, -0.15) is 0 Å². The minimum Gasteiger partial charge on any atom is -0.327 e. The van der Waals surface area contributed by atoms with Gasteiger partial charge in [0, 0.05) is 17.3 Å². The van der Waals surface area contributed by atoms with Gasteiger partial charge in [-0.1, -0.05) is 6.92 Å². The quantitative estimate of drug-likeness (QED) is 0.706. The summed E-state index contributed by atoms with van der Waals surface area (Å²) in [5, 5.41) is 2.05. The van der Waals surface area contributed by atoms with Crippen molar-refractivity contribution in [2.75, 3.05) is 0 Å². The summed E-state index contributed by atoms with van der Waals surface area (Å²) in [7, 11) is 0. The lowest BCUT2D eigenvalue weighted by atomic mass is 10.0. The van der Waals surface area contributed by atoms with E-state index in [1.165, 1.54) is 0 Å². The zero-order valence-electron chi connectivity index (χ0n) is 6.24. The molecule has 1 aromatic rings. The molecule has 0 radical (unpaired) electrons. The molecule has 1 rings (SSSR count). The molecule has 0 aliphatic carbocycles. The van der Waals surface area contributed by atoms with E-state index >= 15 is 0 Å². The van der Waals surface area contributed by atoms with E-state index in [-0.39, 0.29) is 6.04 Å².